The normalized spacial score (nSPS) is 11.2. The van der Waals surface area contributed by atoms with Crippen molar-refractivity contribution in [3.05, 3.63) is 41.5 Å². The molecule has 0 amide bonds. The van der Waals surface area contributed by atoms with Crippen molar-refractivity contribution in [3.8, 4) is 0 Å². The second-order valence-electron chi connectivity index (χ2n) is 4.56. The molecule has 0 aliphatic carbocycles. The summed E-state index contributed by atoms with van der Waals surface area (Å²) < 4.78 is 18.4. The van der Waals surface area contributed by atoms with Crippen molar-refractivity contribution in [2.24, 2.45) is 0 Å². The molecule has 2 aromatic heterocycles. The lowest BCUT2D eigenvalue weighted by molar-refractivity contribution is 0.0519. The SMILES string of the molecule is CCOC(=O)c1ncc2[nH]c3ccc(F)cc3c2c1C. The van der Waals surface area contributed by atoms with Crippen LogP contribution in [-0.4, -0.2) is 22.5 Å². The second-order valence-corrected chi connectivity index (χ2v) is 4.56. The Morgan fingerprint density at radius 3 is 2.95 bits per heavy atom. The fraction of sp³-hybridized carbons (Fsp3) is 0.200. The zero-order chi connectivity index (χ0) is 14.3. The van der Waals surface area contributed by atoms with E-state index in [4.69, 9.17) is 4.74 Å². The number of aromatic nitrogens is 2. The summed E-state index contributed by atoms with van der Waals surface area (Å²) in [4.78, 5) is 19.2. The first-order valence-electron chi connectivity index (χ1n) is 6.35. The van der Waals surface area contributed by atoms with Crippen molar-refractivity contribution in [1.29, 1.82) is 0 Å². The summed E-state index contributed by atoms with van der Waals surface area (Å²) in [6, 6.07) is 4.52. The first-order valence-corrected chi connectivity index (χ1v) is 6.35. The third kappa shape index (κ3) is 1.82. The van der Waals surface area contributed by atoms with Gasteiger partial charge in [0.25, 0.3) is 0 Å². The van der Waals surface area contributed by atoms with Gasteiger partial charge in [0.1, 0.15) is 5.82 Å². The maximum Gasteiger partial charge on any atom is 0.357 e. The maximum atomic E-state index is 13.4. The van der Waals surface area contributed by atoms with Gasteiger partial charge < -0.3 is 9.72 Å². The largest absolute Gasteiger partial charge is 0.461 e. The molecule has 0 aliphatic heterocycles. The molecule has 0 spiro atoms. The highest BCUT2D eigenvalue weighted by molar-refractivity contribution is 6.10. The third-order valence-corrected chi connectivity index (χ3v) is 3.31. The molecule has 3 rings (SSSR count). The molecule has 3 aromatic rings. The number of carbonyl (C=O) groups excluding carboxylic acids is 1. The molecule has 0 unspecified atom stereocenters. The molecule has 0 radical (unpaired) electrons. The second kappa shape index (κ2) is 4.59. The van der Waals surface area contributed by atoms with Crippen molar-refractivity contribution in [3.63, 3.8) is 0 Å². The summed E-state index contributed by atoms with van der Waals surface area (Å²) in [5.74, 6) is -0.773. The molecule has 2 heterocycles. The first kappa shape index (κ1) is 12.6. The van der Waals surface area contributed by atoms with E-state index < -0.39 is 5.97 Å². The molecule has 0 bridgehead atoms. The van der Waals surface area contributed by atoms with E-state index in [1.165, 1.54) is 12.1 Å². The molecule has 0 saturated carbocycles. The number of aromatic amines is 1. The van der Waals surface area contributed by atoms with E-state index in [1.54, 1.807) is 26.1 Å². The van der Waals surface area contributed by atoms with Crippen molar-refractivity contribution in [2.75, 3.05) is 6.61 Å². The molecular weight excluding hydrogens is 259 g/mol. The van der Waals surface area contributed by atoms with Gasteiger partial charge in [-0.05, 0) is 37.6 Å². The van der Waals surface area contributed by atoms with Gasteiger partial charge in [0.05, 0.1) is 18.3 Å². The summed E-state index contributed by atoms with van der Waals surface area (Å²) in [6.07, 6.45) is 1.58. The van der Waals surface area contributed by atoms with Crippen LogP contribution in [0.4, 0.5) is 4.39 Å². The molecular formula is C15H13FN2O2. The number of aryl methyl sites for hydroxylation is 1. The highest BCUT2D eigenvalue weighted by atomic mass is 19.1. The summed E-state index contributed by atoms with van der Waals surface area (Å²) in [7, 11) is 0. The van der Waals surface area contributed by atoms with Crippen molar-refractivity contribution in [1.82, 2.24) is 9.97 Å². The van der Waals surface area contributed by atoms with Crippen molar-refractivity contribution in [2.45, 2.75) is 13.8 Å². The quantitative estimate of drug-likeness (QED) is 0.728. The van der Waals surface area contributed by atoms with Gasteiger partial charge in [-0.3, -0.25) is 0 Å². The van der Waals surface area contributed by atoms with Crippen LogP contribution in [0.3, 0.4) is 0 Å². The van der Waals surface area contributed by atoms with Crippen LogP contribution in [0.1, 0.15) is 23.0 Å². The predicted octanol–water partition coefficient (Wildman–Crippen LogP) is 3.34. The Kier molecular flexibility index (Phi) is 2.89. The zero-order valence-corrected chi connectivity index (χ0v) is 11.2. The minimum atomic E-state index is -0.461. The van der Waals surface area contributed by atoms with Crippen LogP contribution in [0.5, 0.6) is 0 Å². The van der Waals surface area contributed by atoms with E-state index in [2.05, 4.69) is 9.97 Å². The lowest BCUT2D eigenvalue weighted by atomic mass is 10.1. The van der Waals surface area contributed by atoms with Gasteiger partial charge in [-0.1, -0.05) is 0 Å². The monoisotopic (exact) mass is 272 g/mol. The van der Waals surface area contributed by atoms with Crippen LogP contribution in [0.2, 0.25) is 0 Å². The fourth-order valence-electron chi connectivity index (χ4n) is 2.44. The van der Waals surface area contributed by atoms with E-state index in [0.29, 0.717) is 12.2 Å². The molecule has 1 N–H and O–H groups in total. The topological polar surface area (TPSA) is 55.0 Å². The van der Waals surface area contributed by atoms with Crippen molar-refractivity contribution < 1.29 is 13.9 Å². The Labute approximate surface area is 114 Å². The summed E-state index contributed by atoms with van der Waals surface area (Å²) in [6.45, 7) is 3.83. The summed E-state index contributed by atoms with van der Waals surface area (Å²) in [5.41, 5.74) is 2.55. The highest BCUT2D eigenvalue weighted by Crippen LogP contribution is 2.29. The van der Waals surface area contributed by atoms with E-state index in [1.807, 2.05) is 0 Å². The lowest BCUT2D eigenvalue weighted by Gasteiger charge is -2.05. The van der Waals surface area contributed by atoms with Gasteiger partial charge in [0.15, 0.2) is 5.69 Å². The number of ether oxygens (including phenoxy) is 1. The number of pyridine rings is 1. The van der Waals surface area contributed by atoms with E-state index in [9.17, 15) is 9.18 Å². The third-order valence-electron chi connectivity index (χ3n) is 3.31. The number of esters is 1. The average molecular weight is 272 g/mol. The van der Waals surface area contributed by atoms with Crippen LogP contribution in [0.15, 0.2) is 24.4 Å². The van der Waals surface area contributed by atoms with Crippen LogP contribution >= 0.6 is 0 Å². The summed E-state index contributed by atoms with van der Waals surface area (Å²) in [5, 5.41) is 1.54. The lowest BCUT2D eigenvalue weighted by Crippen LogP contribution is -2.09. The van der Waals surface area contributed by atoms with Gasteiger partial charge in [-0.2, -0.15) is 0 Å². The predicted molar refractivity (Wildman–Crippen MR) is 74.3 cm³/mol. The Hall–Kier alpha value is -2.43. The van der Waals surface area contributed by atoms with E-state index in [-0.39, 0.29) is 11.5 Å². The molecule has 0 aliphatic rings. The van der Waals surface area contributed by atoms with E-state index >= 15 is 0 Å². The van der Waals surface area contributed by atoms with Gasteiger partial charge in [0.2, 0.25) is 0 Å². The van der Waals surface area contributed by atoms with Gasteiger partial charge in [-0.15, -0.1) is 0 Å². The standard InChI is InChI=1S/C15H13FN2O2/c1-3-20-15(19)14-8(2)13-10-6-9(16)4-5-11(10)18-12(13)7-17-14/h4-7,18H,3H2,1-2H3. The Morgan fingerprint density at radius 2 is 2.20 bits per heavy atom. The zero-order valence-electron chi connectivity index (χ0n) is 11.2. The minimum absolute atomic E-state index is 0.268. The molecule has 102 valence electrons. The van der Waals surface area contributed by atoms with Gasteiger partial charge in [0, 0.05) is 16.3 Å². The average Bonchev–Trinajstić information content (AvgIpc) is 2.77. The molecule has 5 heteroatoms. The number of H-pyrrole nitrogens is 1. The Bertz CT molecular complexity index is 823. The molecule has 4 nitrogen and oxygen atoms in total. The number of benzene rings is 1. The first-order chi connectivity index (χ1) is 9.61. The molecule has 0 atom stereocenters. The Morgan fingerprint density at radius 1 is 1.40 bits per heavy atom. The van der Waals surface area contributed by atoms with Gasteiger partial charge >= 0.3 is 5.97 Å². The van der Waals surface area contributed by atoms with Crippen LogP contribution in [0, 0.1) is 12.7 Å². The summed E-state index contributed by atoms with van der Waals surface area (Å²) >= 11 is 0. The number of nitrogens with zero attached hydrogens (tertiary/aromatic N) is 1. The fourth-order valence-corrected chi connectivity index (χ4v) is 2.44. The molecule has 1 aromatic carbocycles. The number of hydrogen-bond acceptors (Lipinski definition) is 3. The number of halogens is 1. The van der Waals surface area contributed by atoms with Gasteiger partial charge in [-0.25, -0.2) is 14.2 Å². The number of hydrogen-bond donors (Lipinski definition) is 1. The van der Waals surface area contributed by atoms with Crippen LogP contribution in [-0.2, 0) is 4.74 Å². The van der Waals surface area contributed by atoms with Crippen LogP contribution < -0.4 is 0 Å². The number of fused-ring (bicyclic) bond motifs is 3. The number of rotatable bonds is 2. The number of carbonyl (C=O) groups is 1. The van der Waals surface area contributed by atoms with Crippen molar-refractivity contribution >= 4 is 27.8 Å². The van der Waals surface area contributed by atoms with E-state index in [0.717, 1.165) is 21.8 Å². The van der Waals surface area contributed by atoms with Crippen LogP contribution in [0.25, 0.3) is 21.8 Å². The molecule has 20 heavy (non-hydrogen) atoms. The smallest absolute Gasteiger partial charge is 0.357 e. The molecule has 0 saturated heterocycles. The Balaban J connectivity index is 2.32. The maximum absolute atomic E-state index is 13.4. The minimum Gasteiger partial charge on any atom is -0.461 e. The molecule has 0 fully saturated rings. The highest BCUT2D eigenvalue weighted by Gasteiger charge is 2.17. The number of nitrogens with one attached hydrogen (secondary N) is 1.